The molecule has 3 aromatic heterocycles. The van der Waals surface area contributed by atoms with Crippen LogP contribution in [0.4, 0.5) is 10.2 Å². The van der Waals surface area contributed by atoms with E-state index in [1.807, 2.05) is 53.2 Å². The lowest BCUT2D eigenvalue weighted by Gasteiger charge is -2.09. The molecule has 1 aliphatic rings. The molecule has 6 nitrogen and oxygen atoms in total. The van der Waals surface area contributed by atoms with Gasteiger partial charge in [0, 0.05) is 29.6 Å². The van der Waals surface area contributed by atoms with Crippen molar-refractivity contribution in [2.75, 3.05) is 5.32 Å². The summed E-state index contributed by atoms with van der Waals surface area (Å²) in [6, 6.07) is 21.5. The monoisotopic (exact) mass is 478 g/mol. The maximum Gasteiger partial charge on any atom is 0.260 e. The lowest BCUT2D eigenvalue weighted by atomic mass is 9.99. The van der Waals surface area contributed by atoms with Crippen molar-refractivity contribution in [2.45, 2.75) is 25.3 Å². The van der Waals surface area contributed by atoms with Crippen molar-refractivity contribution in [3.63, 3.8) is 0 Å². The van der Waals surface area contributed by atoms with Crippen molar-refractivity contribution in [1.29, 1.82) is 0 Å². The highest BCUT2D eigenvalue weighted by atomic mass is 19.1. The Labute approximate surface area is 206 Å². The summed E-state index contributed by atoms with van der Waals surface area (Å²) in [4.78, 5) is 33.9. The molecule has 0 spiro atoms. The van der Waals surface area contributed by atoms with Gasteiger partial charge < -0.3 is 14.9 Å². The van der Waals surface area contributed by atoms with Gasteiger partial charge in [-0.15, -0.1) is 0 Å². The Balaban J connectivity index is 1.40. The van der Waals surface area contributed by atoms with E-state index < -0.39 is 0 Å². The lowest BCUT2D eigenvalue weighted by Crippen LogP contribution is -2.18. The Morgan fingerprint density at radius 3 is 2.56 bits per heavy atom. The van der Waals surface area contributed by atoms with Crippen molar-refractivity contribution in [3.05, 3.63) is 107 Å². The molecule has 0 unspecified atom stereocenters. The highest BCUT2D eigenvalue weighted by molar-refractivity contribution is 6.03. The van der Waals surface area contributed by atoms with E-state index in [0.717, 1.165) is 40.7 Å². The highest BCUT2D eigenvalue weighted by Gasteiger charge is 2.27. The summed E-state index contributed by atoms with van der Waals surface area (Å²) in [6.07, 6.45) is 5.65. The van der Waals surface area contributed by atoms with Crippen molar-refractivity contribution in [2.24, 2.45) is 0 Å². The number of halogens is 1. The van der Waals surface area contributed by atoms with E-state index in [1.54, 1.807) is 24.4 Å². The number of rotatable bonds is 6. The first kappa shape index (κ1) is 22.0. The third-order valence-corrected chi connectivity index (χ3v) is 6.48. The molecule has 36 heavy (non-hydrogen) atoms. The number of pyridine rings is 2. The van der Waals surface area contributed by atoms with Crippen LogP contribution >= 0.6 is 0 Å². The van der Waals surface area contributed by atoms with Gasteiger partial charge >= 0.3 is 0 Å². The Bertz CT molecular complexity index is 1630. The maximum atomic E-state index is 13.5. The summed E-state index contributed by atoms with van der Waals surface area (Å²) in [5, 5.41) is 3.49. The molecule has 1 amide bonds. The van der Waals surface area contributed by atoms with Crippen LogP contribution in [-0.2, 0) is 11.2 Å². The van der Waals surface area contributed by atoms with Gasteiger partial charge in [0.15, 0.2) is 0 Å². The van der Waals surface area contributed by atoms with E-state index in [-0.39, 0.29) is 29.7 Å². The third-order valence-electron chi connectivity index (χ3n) is 6.48. The number of anilines is 1. The van der Waals surface area contributed by atoms with Crippen LogP contribution in [0.2, 0.25) is 0 Å². The second-order valence-electron chi connectivity index (χ2n) is 9.07. The summed E-state index contributed by atoms with van der Waals surface area (Å²) >= 11 is 0. The number of fused-ring (bicyclic) bond motifs is 1. The number of carbonyl (C=O) groups excluding carboxylic acids is 1. The Hall–Kier alpha value is -4.52. The second-order valence-corrected chi connectivity index (χ2v) is 9.07. The van der Waals surface area contributed by atoms with Crippen molar-refractivity contribution < 1.29 is 9.18 Å². The first-order valence-corrected chi connectivity index (χ1v) is 11.9. The molecule has 5 aromatic rings. The fraction of sp³-hybridized carbons (Fsp3) is 0.138. The molecule has 1 aliphatic carbocycles. The molecule has 2 N–H and O–H groups in total. The van der Waals surface area contributed by atoms with Crippen molar-refractivity contribution in [3.8, 4) is 22.4 Å². The minimum absolute atomic E-state index is 0.00164. The van der Waals surface area contributed by atoms with E-state index in [0.29, 0.717) is 16.8 Å². The van der Waals surface area contributed by atoms with E-state index in [1.165, 1.54) is 12.1 Å². The highest BCUT2D eigenvalue weighted by Crippen LogP contribution is 2.39. The predicted molar refractivity (Wildman–Crippen MR) is 138 cm³/mol. The fourth-order valence-corrected chi connectivity index (χ4v) is 4.60. The molecule has 2 aromatic carbocycles. The van der Waals surface area contributed by atoms with Gasteiger partial charge in [-0.05, 0) is 54.3 Å². The second kappa shape index (κ2) is 8.92. The zero-order valence-corrected chi connectivity index (χ0v) is 19.4. The van der Waals surface area contributed by atoms with Gasteiger partial charge in [0.05, 0.1) is 23.0 Å². The maximum absolute atomic E-state index is 13.5. The van der Waals surface area contributed by atoms with Crippen LogP contribution in [0.5, 0.6) is 0 Å². The molecule has 1 saturated carbocycles. The molecule has 0 aliphatic heterocycles. The Morgan fingerprint density at radius 2 is 1.81 bits per heavy atom. The molecular formula is C29H23FN4O2. The number of nitrogens with one attached hydrogen (secondary N) is 2. The third kappa shape index (κ3) is 4.20. The molecule has 0 saturated heterocycles. The molecule has 0 atom stereocenters. The van der Waals surface area contributed by atoms with Gasteiger partial charge in [-0.3, -0.25) is 9.59 Å². The SMILES string of the molecule is O=C(Cc1ccc(F)cc1)Nc1cc(-c2[nH]c3ccn(C4CC4)c(=O)c3c2-c2ccccc2)ccn1. The zero-order valence-electron chi connectivity index (χ0n) is 19.4. The molecule has 1 fully saturated rings. The number of amides is 1. The Morgan fingerprint density at radius 1 is 1.03 bits per heavy atom. The lowest BCUT2D eigenvalue weighted by molar-refractivity contribution is -0.115. The first-order valence-electron chi connectivity index (χ1n) is 11.9. The number of aromatic amines is 1. The average molecular weight is 479 g/mol. The summed E-state index contributed by atoms with van der Waals surface area (Å²) in [7, 11) is 0. The zero-order chi connectivity index (χ0) is 24.6. The van der Waals surface area contributed by atoms with Gasteiger partial charge in [0.1, 0.15) is 11.6 Å². The minimum atomic E-state index is -0.343. The van der Waals surface area contributed by atoms with Gasteiger partial charge in [0.25, 0.3) is 5.56 Å². The van der Waals surface area contributed by atoms with E-state index in [9.17, 15) is 14.0 Å². The van der Waals surface area contributed by atoms with Gasteiger partial charge in [0.2, 0.25) is 5.91 Å². The minimum Gasteiger partial charge on any atom is -0.354 e. The molecule has 0 bridgehead atoms. The number of hydrogen-bond donors (Lipinski definition) is 2. The largest absolute Gasteiger partial charge is 0.354 e. The predicted octanol–water partition coefficient (Wildman–Crippen LogP) is 5.71. The van der Waals surface area contributed by atoms with Crippen LogP contribution in [0.3, 0.4) is 0 Å². The van der Waals surface area contributed by atoms with E-state index in [2.05, 4.69) is 15.3 Å². The molecule has 7 heteroatoms. The van der Waals surface area contributed by atoms with Gasteiger partial charge in [-0.1, -0.05) is 42.5 Å². The quantitative estimate of drug-likeness (QED) is 0.328. The average Bonchev–Trinajstić information content (AvgIpc) is 3.65. The topological polar surface area (TPSA) is 79.8 Å². The van der Waals surface area contributed by atoms with Crippen LogP contribution in [0, 0.1) is 5.82 Å². The van der Waals surface area contributed by atoms with Gasteiger partial charge in [-0.25, -0.2) is 9.37 Å². The molecule has 6 rings (SSSR count). The number of H-pyrrole nitrogens is 1. The number of nitrogens with zero attached hydrogens (tertiary/aromatic N) is 2. The number of aromatic nitrogens is 3. The fourth-order valence-electron chi connectivity index (χ4n) is 4.60. The van der Waals surface area contributed by atoms with Crippen LogP contribution in [0.15, 0.2) is 90.0 Å². The standard InChI is InChI=1S/C29H23FN4O2/c30-21-8-6-18(7-9-21)16-25(35)33-24-17-20(12-14-31-24)28-26(19-4-2-1-3-5-19)27-23(32-28)13-15-34(29(27)36)22-10-11-22/h1-9,12-15,17,22,32H,10-11,16H2,(H,31,33,35). The van der Waals surface area contributed by atoms with Crippen LogP contribution in [0.25, 0.3) is 33.3 Å². The number of hydrogen-bond acceptors (Lipinski definition) is 3. The van der Waals surface area contributed by atoms with E-state index >= 15 is 0 Å². The molecule has 3 heterocycles. The summed E-state index contributed by atoms with van der Waals surface area (Å²) < 4.78 is 15.0. The van der Waals surface area contributed by atoms with Crippen molar-refractivity contribution in [1.82, 2.24) is 14.5 Å². The summed E-state index contributed by atoms with van der Waals surface area (Å²) in [5.41, 5.74) is 4.83. The first-order chi connectivity index (χ1) is 17.6. The van der Waals surface area contributed by atoms with Crippen molar-refractivity contribution >= 4 is 22.6 Å². The van der Waals surface area contributed by atoms with Gasteiger partial charge in [-0.2, -0.15) is 0 Å². The summed E-state index contributed by atoms with van der Waals surface area (Å²) in [6.45, 7) is 0. The molecule has 0 radical (unpaired) electrons. The van der Waals surface area contributed by atoms with Crippen LogP contribution in [0.1, 0.15) is 24.4 Å². The van der Waals surface area contributed by atoms with Crippen LogP contribution < -0.4 is 10.9 Å². The summed E-state index contributed by atoms with van der Waals surface area (Å²) in [5.74, 6) is -0.198. The smallest absolute Gasteiger partial charge is 0.260 e. The van der Waals surface area contributed by atoms with E-state index in [4.69, 9.17) is 0 Å². The number of carbonyl (C=O) groups is 1. The Kier molecular flexibility index (Phi) is 5.45. The molecular weight excluding hydrogens is 455 g/mol. The molecule has 178 valence electrons. The van der Waals surface area contributed by atoms with Crippen LogP contribution in [-0.4, -0.2) is 20.4 Å². The normalized spacial score (nSPS) is 13.1. The number of benzene rings is 2.